The van der Waals surface area contributed by atoms with Crippen LogP contribution in [0.25, 0.3) is 53.9 Å². The van der Waals surface area contributed by atoms with Crippen LogP contribution in [0.2, 0.25) is 18.1 Å². The van der Waals surface area contributed by atoms with Crippen molar-refractivity contribution in [2.45, 2.75) is 38.9 Å². The number of hydrogen-bond acceptors (Lipinski definition) is 0. The van der Waals surface area contributed by atoms with Gasteiger partial charge in [-0.05, 0) is 108 Å². The van der Waals surface area contributed by atoms with Gasteiger partial charge in [-0.1, -0.05) is 81.3 Å². The zero-order valence-corrected chi connectivity index (χ0v) is 21.8. The fourth-order valence-electron chi connectivity index (χ4n) is 5.61. The lowest BCUT2D eigenvalue weighted by Crippen LogP contribution is -2.29. The molecule has 35 heavy (non-hydrogen) atoms. The molecule has 0 saturated heterocycles. The van der Waals surface area contributed by atoms with E-state index in [-0.39, 0.29) is 0 Å². The van der Waals surface area contributed by atoms with E-state index in [1.54, 1.807) is 0 Å². The lowest BCUT2D eigenvalue weighted by molar-refractivity contribution is 1.20. The smallest absolute Gasteiger partial charge is 0.126 e. The van der Waals surface area contributed by atoms with Gasteiger partial charge in [0.2, 0.25) is 0 Å². The van der Waals surface area contributed by atoms with Crippen LogP contribution in [0.1, 0.15) is 26.3 Å². The summed E-state index contributed by atoms with van der Waals surface area (Å²) in [6.07, 6.45) is 0. The topological polar surface area (TPSA) is 0 Å². The van der Waals surface area contributed by atoms with Crippen LogP contribution in [-0.2, 0) is 0 Å². The van der Waals surface area contributed by atoms with Crippen LogP contribution in [0.3, 0.4) is 0 Å². The zero-order valence-electron chi connectivity index (χ0n) is 20.8. The number of rotatable bonds is 3. The van der Waals surface area contributed by atoms with Crippen molar-refractivity contribution in [2.24, 2.45) is 0 Å². The van der Waals surface area contributed by atoms with E-state index >= 15 is 0 Å². The van der Waals surface area contributed by atoms with Gasteiger partial charge in [-0.2, -0.15) is 0 Å². The normalized spacial score (nSPS) is 12.0. The lowest BCUT2D eigenvalue weighted by atomic mass is 9.93. The fourth-order valence-corrected chi connectivity index (χ4v) is 8.05. The van der Waals surface area contributed by atoms with Gasteiger partial charge in [0.1, 0.15) is 8.07 Å². The van der Waals surface area contributed by atoms with Gasteiger partial charge < -0.3 is 0 Å². The van der Waals surface area contributed by atoms with Crippen molar-refractivity contribution in [3.05, 3.63) is 96.6 Å². The molecule has 170 valence electrons. The second-order valence-electron chi connectivity index (χ2n) is 9.87. The maximum absolute atomic E-state index is 3.74. The molecule has 0 amide bonds. The third-order valence-corrected chi connectivity index (χ3v) is 12.9. The van der Waals surface area contributed by atoms with Gasteiger partial charge in [0, 0.05) is 5.56 Å². The Hall–Kier alpha value is -3.60. The van der Waals surface area contributed by atoms with Crippen molar-refractivity contribution in [1.29, 1.82) is 0 Å². The molecule has 0 atom stereocenters. The first-order chi connectivity index (χ1) is 17.1. The maximum Gasteiger partial charge on any atom is 0.138 e. The molecule has 0 aliphatic carbocycles. The molecule has 0 unspecified atom stereocenters. The molecule has 0 nitrogen and oxygen atoms in total. The first-order valence-corrected chi connectivity index (χ1v) is 15.5. The van der Waals surface area contributed by atoms with Crippen molar-refractivity contribution in [2.75, 3.05) is 0 Å². The van der Waals surface area contributed by atoms with E-state index in [1.807, 2.05) is 0 Å². The third kappa shape index (κ3) is 3.70. The molecule has 0 N–H and O–H groups in total. The second kappa shape index (κ2) is 8.56. The van der Waals surface area contributed by atoms with Crippen LogP contribution in [0, 0.1) is 11.5 Å². The van der Waals surface area contributed by atoms with Gasteiger partial charge in [-0.25, -0.2) is 0 Å². The summed E-state index contributed by atoms with van der Waals surface area (Å²) in [4.78, 5) is 0. The molecule has 0 aliphatic rings. The Balaban J connectivity index is 1.52. The summed E-state index contributed by atoms with van der Waals surface area (Å²) in [5.41, 5.74) is 4.88. The highest BCUT2D eigenvalue weighted by Crippen LogP contribution is 2.35. The monoisotopic (exact) mass is 466 g/mol. The first kappa shape index (κ1) is 21.9. The van der Waals surface area contributed by atoms with Crippen molar-refractivity contribution in [3.8, 4) is 11.5 Å². The van der Waals surface area contributed by atoms with Gasteiger partial charge in [0.15, 0.2) is 0 Å². The van der Waals surface area contributed by atoms with E-state index in [1.165, 1.54) is 72.0 Å². The minimum absolute atomic E-state index is 1.14. The van der Waals surface area contributed by atoms with Gasteiger partial charge in [0.25, 0.3) is 0 Å². The average Bonchev–Trinajstić information content (AvgIpc) is 2.91. The summed E-state index contributed by atoms with van der Waals surface area (Å²) in [5.74, 6) is 3.55. The van der Waals surface area contributed by atoms with E-state index in [9.17, 15) is 0 Å². The Labute approximate surface area is 208 Å². The van der Waals surface area contributed by atoms with E-state index in [4.69, 9.17) is 0 Å². The van der Waals surface area contributed by atoms with E-state index in [0.717, 1.165) is 5.56 Å². The molecular formula is C34H30Si. The Kier molecular flexibility index (Phi) is 5.36. The highest BCUT2D eigenvalue weighted by Gasteiger charge is 2.24. The fraction of sp³-hybridized carbons (Fsp3) is 0.176. The maximum atomic E-state index is 3.74. The Morgan fingerprint density at radius 1 is 0.486 bits per heavy atom. The van der Waals surface area contributed by atoms with Crippen LogP contribution >= 0.6 is 0 Å². The zero-order chi connectivity index (χ0) is 24.0. The highest BCUT2D eigenvalue weighted by atomic mass is 28.3. The molecule has 6 aromatic rings. The molecule has 0 saturated carbocycles. The number of benzene rings is 6. The van der Waals surface area contributed by atoms with Gasteiger partial charge in [-0.15, -0.1) is 5.54 Å². The van der Waals surface area contributed by atoms with Crippen LogP contribution in [0.4, 0.5) is 0 Å². The van der Waals surface area contributed by atoms with E-state index < -0.39 is 8.07 Å². The molecule has 1 heteroatoms. The molecule has 0 aliphatic heterocycles. The second-order valence-corrected chi connectivity index (χ2v) is 14.8. The lowest BCUT2D eigenvalue weighted by Gasteiger charge is -2.20. The third-order valence-electron chi connectivity index (χ3n) is 8.16. The molecule has 0 heterocycles. The molecule has 6 rings (SSSR count). The molecule has 0 bridgehead atoms. The SMILES string of the molecule is CC[Si](C#Cc1ccc2cc3c(ccc4c5cc6ccccc6cc5ccc34)cc2c1)(CC)CC. The minimum Gasteiger partial charge on any atom is -0.126 e. The Morgan fingerprint density at radius 3 is 1.60 bits per heavy atom. The molecule has 6 aromatic carbocycles. The highest BCUT2D eigenvalue weighted by molar-refractivity contribution is 6.87. The number of hydrogen-bond donors (Lipinski definition) is 0. The van der Waals surface area contributed by atoms with Crippen molar-refractivity contribution in [1.82, 2.24) is 0 Å². The summed E-state index contributed by atoms with van der Waals surface area (Å²) in [6.45, 7) is 6.95. The standard InChI is InChI=1S/C34H30Si/c1-4-35(5-2,6-3)18-17-24-11-12-27-23-34-29(21-30(27)19-24)14-16-31-32(34)15-13-28-20-25-9-7-8-10-26(25)22-33(28)31/h7-16,19-23H,4-6H2,1-3H3. The van der Waals surface area contributed by atoms with Crippen molar-refractivity contribution in [3.63, 3.8) is 0 Å². The summed E-state index contributed by atoms with van der Waals surface area (Å²) < 4.78 is 0. The molecular weight excluding hydrogens is 436 g/mol. The minimum atomic E-state index is -1.44. The Morgan fingerprint density at radius 2 is 1.00 bits per heavy atom. The summed E-state index contributed by atoms with van der Waals surface area (Å²) in [6, 6.07) is 37.6. The van der Waals surface area contributed by atoms with Crippen molar-refractivity contribution < 1.29 is 0 Å². The van der Waals surface area contributed by atoms with Gasteiger partial charge >= 0.3 is 0 Å². The van der Waals surface area contributed by atoms with Crippen LogP contribution in [0.15, 0.2) is 91.0 Å². The van der Waals surface area contributed by atoms with Crippen LogP contribution in [-0.4, -0.2) is 8.07 Å². The molecule has 0 spiro atoms. The quantitative estimate of drug-likeness (QED) is 0.105. The predicted octanol–water partition coefficient (Wildman–Crippen LogP) is 9.85. The predicted molar refractivity (Wildman–Crippen MR) is 158 cm³/mol. The molecule has 0 aromatic heterocycles. The van der Waals surface area contributed by atoms with Crippen molar-refractivity contribution >= 4 is 61.9 Å². The first-order valence-electron chi connectivity index (χ1n) is 12.9. The molecule has 0 radical (unpaired) electrons. The van der Waals surface area contributed by atoms with E-state index in [0.29, 0.717) is 0 Å². The molecule has 0 fully saturated rings. The van der Waals surface area contributed by atoms with Crippen LogP contribution < -0.4 is 0 Å². The average molecular weight is 467 g/mol. The summed E-state index contributed by atoms with van der Waals surface area (Å²) in [5, 5.41) is 13.0. The Bertz CT molecular complexity index is 1800. The van der Waals surface area contributed by atoms with Gasteiger partial charge in [0.05, 0.1) is 0 Å². The van der Waals surface area contributed by atoms with Gasteiger partial charge in [-0.3, -0.25) is 0 Å². The number of fused-ring (bicyclic) bond motifs is 7. The van der Waals surface area contributed by atoms with E-state index in [2.05, 4.69) is 123 Å². The summed E-state index contributed by atoms with van der Waals surface area (Å²) >= 11 is 0. The largest absolute Gasteiger partial charge is 0.138 e. The summed E-state index contributed by atoms with van der Waals surface area (Å²) in [7, 11) is -1.44. The van der Waals surface area contributed by atoms with Crippen LogP contribution in [0.5, 0.6) is 0 Å².